The molecular formula is C16H18O3S. The van der Waals surface area contributed by atoms with Crippen molar-refractivity contribution in [1.82, 2.24) is 0 Å². The zero-order valence-electron chi connectivity index (χ0n) is 11.6. The first-order chi connectivity index (χ1) is 9.48. The van der Waals surface area contributed by atoms with E-state index in [9.17, 15) is 8.42 Å². The van der Waals surface area contributed by atoms with Crippen LogP contribution in [0.2, 0.25) is 0 Å². The molecule has 2 aromatic rings. The molecule has 2 aromatic carbocycles. The van der Waals surface area contributed by atoms with Crippen LogP contribution < -0.4 is 0 Å². The van der Waals surface area contributed by atoms with Crippen LogP contribution in [0.4, 0.5) is 0 Å². The third kappa shape index (κ3) is 3.08. The van der Waals surface area contributed by atoms with Crippen molar-refractivity contribution in [3.63, 3.8) is 0 Å². The van der Waals surface area contributed by atoms with Gasteiger partial charge in [-0.3, -0.25) is 4.18 Å². The highest BCUT2D eigenvalue weighted by Crippen LogP contribution is 2.38. The van der Waals surface area contributed by atoms with Gasteiger partial charge in [-0.15, -0.1) is 0 Å². The number of hydrogen-bond acceptors (Lipinski definition) is 3. The predicted octanol–water partition coefficient (Wildman–Crippen LogP) is 3.32. The second-order valence-corrected chi connectivity index (χ2v) is 6.27. The van der Waals surface area contributed by atoms with E-state index in [0.29, 0.717) is 6.42 Å². The SMILES string of the molecule is CCC(OS(C)(=O)=O)(c1ccccc1)c1ccccc1. The van der Waals surface area contributed by atoms with Crippen LogP contribution >= 0.6 is 0 Å². The minimum absolute atomic E-state index is 0.522. The van der Waals surface area contributed by atoms with E-state index in [4.69, 9.17) is 4.18 Å². The van der Waals surface area contributed by atoms with Gasteiger partial charge in [-0.2, -0.15) is 8.42 Å². The van der Waals surface area contributed by atoms with Crippen LogP contribution in [0.1, 0.15) is 24.5 Å². The van der Waals surface area contributed by atoms with Gasteiger partial charge in [0.15, 0.2) is 0 Å². The van der Waals surface area contributed by atoms with Crippen molar-refractivity contribution in [2.45, 2.75) is 18.9 Å². The van der Waals surface area contributed by atoms with E-state index in [1.807, 2.05) is 67.6 Å². The van der Waals surface area contributed by atoms with Crippen LogP contribution in [0.3, 0.4) is 0 Å². The van der Waals surface area contributed by atoms with Gasteiger partial charge >= 0.3 is 0 Å². The molecule has 0 N–H and O–H groups in total. The summed E-state index contributed by atoms with van der Waals surface area (Å²) in [4.78, 5) is 0. The molecule has 0 atom stereocenters. The van der Waals surface area contributed by atoms with E-state index in [1.165, 1.54) is 0 Å². The highest BCUT2D eigenvalue weighted by Gasteiger charge is 2.37. The maximum Gasteiger partial charge on any atom is 0.265 e. The summed E-state index contributed by atoms with van der Waals surface area (Å²) in [6.45, 7) is 1.92. The minimum Gasteiger partial charge on any atom is -0.254 e. The molecule has 20 heavy (non-hydrogen) atoms. The van der Waals surface area contributed by atoms with Crippen molar-refractivity contribution in [2.24, 2.45) is 0 Å². The maximum atomic E-state index is 11.7. The lowest BCUT2D eigenvalue weighted by Crippen LogP contribution is -2.32. The van der Waals surface area contributed by atoms with Gasteiger partial charge < -0.3 is 0 Å². The van der Waals surface area contributed by atoms with Crippen molar-refractivity contribution in [3.05, 3.63) is 71.8 Å². The molecule has 0 aromatic heterocycles. The van der Waals surface area contributed by atoms with Crippen LogP contribution in [0, 0.1) is 0 Å². The minimum atomic E-state index is -3.59. The van der Waals surface area contributed by atoms with Crippen LogP contribution in [-0.4, -0.2) is 14.7 Å². The summed E-state index contributed by atoms with van der Waals surface area (Å²) in [6.07, 6.45) is 1.61. The van der Waals surface area contributed by atoms with Gasteiger partial charge in [-0.05, 0) is 17.5 Å². The Labute approximate surface area is 120 Å². The second-order valence-electron chi connectivity index (χ2n) is 4.70. The Morgan fingerprint density at radius 2 is 1.30 bits per heavy atom. The summed E-state index contributed by atoms with van der Waals surface area (Å²) >= 11 is 0. The summed E-state index contributed by atoms with van der Waals surface area (Å²) in [5, 5.41) is 0. The monoisotopic (exact) mass is 290 g/mol. The van der Waals surface area contributed by atoms with E-state index in [-0.39, 0.29) is 0 Å². The molecule has 0 bridgehead atoms. The first-order valence-corrected chi connectivity index (χ1v) is 8.31. The lowest BCUT2D eigenvalue weighted by atomic mass is 9.84. The summed E-state index contributed by atoms with van der Waals surface area (Å²) in [7, 11) is -3.59. The van der Waals surface area contributed by atoms with Gasteiger partial charge in [0.2, 0.25) is 0 Å². The molecule has 0 aliphatic heterocycles. The smallest absolute Gasteiger partial charge is 0.254 e. The van der Waals surface area contributed by atoms with Gasteiger partial charge in [0.05, 0.1) is 6.26 Å². The molecule has 0 spiro atoms. The Hall–Kier alpha value is -1.65. The standard InChI is InChI=1S/C16H18O3S/c1-3-16(19-20(2,17)18,14-10-6-4-7-11-14)15-12-8-5-9-13-15/h4-13H,3H2,1-2H3. The highest BCUT2D eigenvalue weighted by molar-refractivity contribution is 7.86. The Kier molecular flexibility index (Phi) is 4.26. The second kappa shape index (κ2) is 5.77. The van der Waals surface area contributed by atoms with Gasteiger partial charge in [-0.1, -0.05) is 67.6 Å². The fraction of sp³-hybridized carbons (Fsp3) is 0.250. The fourth-order valence-electron chi connectivity index (χ4n) is 2.40. The molecule has 0 aliphatic rings. The quantitative estimate of drug-likeness (QED) is 0.793. The molecule has 0 saturated carbocycles. The number of benzene rings is 2. The summed E-state index contributed by atoms with van der Waals surface area (Å²) in [5.41, 5.74) is 0.689. The first kappa shape index (κ1) is 14.8. The Morgan fingerprint density at radius 3 is 1.60 bits per heavy atom. The van der Waals surface area contributed by atoms with Crippen LogP contribution in [0.25, 0.3) is 0 Å². The topological polar surface area (TPSA) is 43.4 Å². The number of rotatable bonds is 5. The molecular weight excluding hydrogens is 272 g/mol. The highest BCUT2D eigenvalue weighted by atomic mass is 32.2. The van der Waals surface area contributed by atoms with Gasteiger partial charge in [-0.25, -0.2) is 0 Å². The number of hydrogen-bond donors (Lipinski definition) is 0. The van der Waals surface area contributed by atoms with Gasteiger partial charge in [0, 0.05) is 0 Å². The zero-order valence-corrected chi connectivity index (χ0v) is 12.4. The Balaban J connectivity index is 2.64. The molecule has 0 amide bonds. The molecule has 0 heterocycles. The van der Waals surface area contributed by atoms with E-state index in [1.54, 1.807) is 0 Å². The molecule has 2 rings (SSSR count). The largest absolute Gasteiger partial charge is 0.265 e. The van der Waals surface area contributed by atoms with Crippen molar-refractivity contribution in [2.75, 3.05) is 6.26 Å². The van der Waals surface area contributed by atoms with E-state index >= 15 is 0 Å². The lowest BCUT2D eigenvalue weighted by Gasteiger charge is -2.32. The molecule has 106 valence electrons. The van der Waals surface area contributed by atoms with Crippen LogP contribution in [-0.2, 0) is 19.9 Å². The average Bonchev–Trinajstić information content (AvgIpc) is 2.46. The normalized spacial score (nSPS) is 12.3. The summed E-state index contributed by atoms with van der Waals surface area (Å²) < 4.78 is 29.0. The van der Waals surface area contributed by atoms with E-state index in [2.05, 4.69) is 0 Å². The van der Waals surface area contributed by atoms with Crippen molar-refractivity contribution in [1.29, 1.82) is 0 Å². The third-order valence-corrected chi connectivity index (χ3v) is 3.86. The molecule has 0 unspecified atom stereocenters. The van der Waals surface area contributed by atoms with Crippen molar-refractivity contribution < 1.29 is 12.6 Å². The molecule has 0 fully saturated rings. The first-order valence-electron chi connectivity index (χ1n) is 6.49. The van der Waals surface area contributed by atoms with Gasteiger partial charge in [0.25, 0.3) is 10.1 Å². The fourth-order valence-corrected chi connectivity index (χ4v) is 3.23. The van der Waals surface area contributed by atoms with Crippen molar-refractivity contribution in [3.8, 4) is 0 Å². The summed E-state index contributed by atoms with van der Waals surface area (Å²) in [6, 6.07) is 18.9. The lowest BCUT2D eigenvalue weighted by molar-refractivity contribution is 0.116. The Bertz CT molecular complexity index is 609. The van der Waals surface area contributed by atoms with E-state index in [0.717, 1.165) is 17.4 Å². The molecule has 4 heteroatoms. The summed E-state index contributed by atoms with van der Waals surface area (Å²) in [5.74, 6) is 0. The molecule has 0 radical (unpaired) electrons. The van der Waals surface area contributed by atoms with Crippen LogP contribution in [0.15, 0.2) is 60.7 Å². The van der Waals surface area contributed by atoms with Crippen molar-refractivity contribution >= 4 is 10.1 Å². The average molecular weight is 290 g/mol. The van der Waals surface area contributed by atoms with Crippen LogP contribution in [0.5, 0.6) is 0 Å². The maximum absolute atomic E-state index is 11.7. The predicted molar refractivity (Wildman–Crippen MR) is 79.9 cm³/mol. The molecule has 0 saturated heterocycles. The van der Waals surface area contributed by atoms with Gasteiger partial charge in [0.1, 0.15) is 5.60 Å². The zero-order chi connectivity index (χ0) is 14.6. The third-order valence-electron chi connectivity index (χ3n) is 3.27. The van der Waals surface area contributed by atoms with E-state index < -0.39 is 15.7 Å². The molecule has 0 aliphatic carbocycles. The Morgan fingerprint density at radius 1 is 0.900 bits per heavy atom. The molecule has 3 nitrogen and oxygen atoms in total.